The SMILES string of the molecule is C.C.C.C.C=C(C)C(=C)OCC.C=C(C)C(=C)OCc1c(F)c(F)c(S(=O)(=O)[O-])c(F)c1F.C=C(C)C(=O)OCC(C)(C)C.C=C(C)C(=O)OCCC(F)(F)C(C)(C)F.C=C(C)C(=O)Oc1c(F)c(F)c(C)c(F)c1F.C=C(C)c1ccc(OCC)cc1.C=C(C)c1ccc(OCc2c(F)c(F)c(S(=O)(=O)[O-])c(F)c2F)cc1.O=S(=O)(CC(F)(F)F)[N-]S(=O)(=O)c1ccccc1.O=S(=O)(CC(F)(F)F)[N-]S(=O)(=O)c1ccccc1. The van der Waals surface area contributed by atoms with Crippen molar-refractivity contribution in [1.29, 1.82) is 0 Å². The zero-order valence-electron chi connectivity index (χ0n) is 79.7. The molecule has 0 saturated carbocycles. The Labute approximate surface area is 855 Å². The Kier molecular flexibility index (Phi) is 62.5. The van der Waals surface area contributed by atoms with Crippen molar-refractivity contribution in [1.82, 2.24) is 0 Å². The molecule has 7 rings (SSSR count). The molecular weight excluding hydrogens is 2160 g/mol. The van der Waals surface area contributed by atoms with Crippen LogP contribution in [-0.4, -0.2) is 139 Å². The number of carbonyl (C=O) groups excluding carboxylic acids is 3. The van der Waals surface area contributed by atoms with Gasteiger partial charge in [0.25, 0.3) is 5.92 Å². The Morgan fingerprint density at radius 3 is 0.933 bits per heavy atom. The second-order valence-corrected chi connectivity index (χ2v) is 40.6. The maximum atomic E-state index is 13.8. The first-order valence-electron chi connectivity index (χ1n) is 40.1. The fourth-order valence-electron chi connectivity index (χ4n) is 8.70. The van der Waals surface area contributed by atoms with Crippen LogP contribution in [0.1, 0.15) is 161 Å². The highest BCUT2D eigenvalue weighted by atomic mass is 32.3. The van der Waals surface area contributed by atoms with Gasteiger partial charge in [-0.05, 0) is 159 Å². The van der Waals surface area contributed by atoms with Crippen LogP contribution in [0.25, 0.3) is 19.4 Å². The van der Waals surface area contributed by atoms with Crippen molar-refractivity contribution >= 4 is 89.4 Å². The second kappa shape index (κ2) is 63.1. The van der Waals surface area contributed by atoms with Gasteiger partial charge in [0.15, 0.2) is 63.8 Å². The number of nitrogens with zero attached hydrogens (tertiary/aromatic N) is 2. The molecule has 0 bridgehead atoms. The molecule has 0 N–H and O–H groups in total. The van der Waals surface area contributed by atoms with Crippen LogP contribution in [0.5, 0.6) is 17.2 Å². The largest absolute Gasteiger partial charge is 0.744 e. The first kappa shape index (κ1) is 148. The number of sulfonamides is 4. The molecular formula is C96H115F21N2O24S6-4. The Bertz CT molecular complexity index is 6340. The molecule has 7 aromatic carbocycles. The van der Waals surface area contributed by atoms with Crippen molar-refractivity contribution in [2.45, 2.75) is 197 Å². The van der Waals surface area contributed by atoms with E-state index in [1.807, 2.05) is 72.7 Å². The molecule has 0 atom stereocenters. The number of benzene rings is 7. The molecule has 0 saturated heterocycles. The van der Waals surface area contributed by atoms with Gasteiger partial charge in [-0.25, -0.2) is 122 Å². The lowest BCUT2D eigenvalue weighted by molar-refractivity contribution is -0.151. The third kappa shape index (κ3) is 53.2. The topological polar surface area (TPSA) is 395 Å². The van der Waals surface area contributed by atoms with E-state index < -0.39 is 246 Å². The number of carbonyl (C=O) groups is 3. The van der Waals surface area contributed by atoms with Crippen LogP contribution >= 0.6 is 0 Å². The number of ether oxygens (including phenoxy) is 7. The van der Waals surface area contributed by atoms with Crippen molar-refractivity contribution in [3.05, 3.63) is 314 Å². The lowest BCUT2D eigenvalue weighted by Gasteiger charge is -2.26. The molecule has 840 valence electrons. The molecule has 149 heavy (non-hydrogen) atoms. The maximum Gasteiger partial charge on any atom is 0.401 e. The Balaban J connectivity index is -0.000000390. The van der Waals surface area contributed by atoms with Gasteiger partial charge in [0.1, 0.15) is 97.8 Å². The minimum Gasteiger partial charge on any atom is -0.744 e. The van der Waals surface area contributed by atoms with Crippen LogP contribution in [0, 0.1) is 82.1 Å². The van der Waals surface area contributed by atoms with Crippen molar-refractivity contribution in [2.75, 3.05) is 37.9 Å². The Hall–Kier alpha value is -12.1. The minimum atomic E-state index is -5.74. The van der Waals surface area contributed by atoms with Gasteiger partial charge in [0.2, 0.25) is 17.4 Å². The molecule has 53 heteroatoms. The van der Waals surface area contributed by atoms with Gasteiger partial charge >= 0.3 is 30.3 Å². The predicted molar refractivity (Wildman–Crippen MR) is 518 cm³/mol. The zero-order valence-corrected chi connectivity index (χ0v) is 84.6. The summed E-state index contributed by atoms with van der Waals surface area (Å²) in [4.78, 5) is 27.3. The van der Waals surface area contributed by atoms with Gasteiger partial charge < -0.3 is 50.5 Å². The van der Waals surface area contributed by atoms with Gasteiger partial charge in [-0.3, -0.25) is 0 Å². The van der Waals surface area contributed by atoms with E-state index in [0.717, 1.165) is 73.1 Å². The lowest BCUT2D eigenvalue weighted by atomic mass is 9.99. The highest BCUT2D eigenvalue weighted by Crippen LogP contribution is 2.37. The van der Waals surface area contributed by atoms with E-state index in [4.69, 9.17) is 23.7 Å². The quantitative estimate of drug-likeness (QED) is 0.00539. The number of allylic oxidation sites excluding steroid dienone is 4. The maximum absolute atomic E-state index is 13.8. The summed E-state index contributed by atoms with van der Waals surface area (Å²) < 4.78 is 464. The summed E-state index contributed by atoms with van der Waals surface area (Å²) in [6.07, 6.45) is -10.9. The van der Waals surface area contributed by atoms with E-state index in [1.54, 1.807) is 26.0 Å². The summed E-state index contributed by atoms with van der Waals surface area (Å²) in [6.45, 7) is 54.7. The fourth-order valence-corrected chi connectivity index (χ4v) is 15.3. The van der Waals surface area contributed by atoms with E-state index in [1.165, 1.54) is 74.9 Å². The van der Waals surface area contributed by atoms with Crippen LogP contribution in [0.3, 0.4) is 0 Å². The van der Waals surface area contributed by atoms with Crippen molar-refractivity contribution < 1.29 is 199 Å². The predicted octanol–water partition coefficient (Wildman–Crippen LogP) is 25.6. The van der Waals surface area contributed by atoms with E-state index in [2.05, 4.69) is 76.9 Å². The van der Waals surface area contributed by atoms with Gasteiger partial charge in [-0.15, -0.1) is 0 Å². The van der Waals surface area contributed by atoms with Gasteiger partial charge in [-0.2, -0.15) is 35.1 Å². The molecule has 0 aromatic heterocycles. The van der Waals surface area contributed by atoms with Crippen molar-refractivity contribution in [2.24, 2.45) is 5.41 Å². The Morgan fingerprint density at radius 1 is 0.369 bits per heavy atom. The smallest absolute Gasteiger partial charge is 0.401 e. The van der Waals surface area contributed by atoms with Crippen molar-refractivity contribution in [3.63, 3.8) is 0 Å². The first-order chi connectivity index (χ1) is 65.6. The molecule has 0 aliphatic carbocycles. The molecule has 0 radical (unpaired) electrons. The average Bonchev–Trinajstić information content (AvgIpc) is 0.769. The van der Waals surface area contributed by atoms with E-state index in [-0.39, 0.29) is 63.7 Å². The van der Waals surface area contributed by atoms with Crippen LogP contribution < -0.4 is 14.2 Å². The van der Waals surface area contributed by atoms with Gasteiger partial charge in [0, 0.05) is 38.5 Å². The second-order valence-electron chi connectivity index (χ2n) is 31.0. The Morgan fingerprint density at radius 2 is 0.671 bits per heavy atom. The highest BCUT2D eigenvalue weighted by molar-refractivity contribution is 8.12. The molecule has 0 heterocycles. The molecule has 0 fully saturated rings. The van der Waals surface area contributed by atoms with E-state index in [9.17, 15) is 166 Å². The van der Waals surface area contributed by atoms with E-state index >= 15 is 0 Å². The lowest BCUT2D eigenvalue weighted by Crippen LogP contribution is -2.39. The highest BCUT2D eigenvalue weighted by Gasteiger charge is 2.47. The zero-order chi connectivity index (χ0) is 114. The first-order valence-corrected chi connectivity index (χ1v) is 49.0. The van der Waals surface area contributed by atoms with Gasteiger partial charge in [0.05, 0.1) is 57.6 Å². The van der Waals surface area contributed by atoms with Crippen LogP contribution in [0.15, 0.2) is 227 Å². The molecule has 26 nitrogen and oxygen atoms in total. The average molecular weight is 2270 g/mol. The molecule has 0 aliphatic heterocycles. The monoisotopic (exact) mass is 2270 g/mol. The van der Waals surface area contributed by atoms with Crippen LogP contribution in [0.2, 0.25) is 0 Å². The molecule has 7 aromatic rings. The summed E-state index contributed by atoms with van der Waals surface area (Å²) in [5.41, 5.74) is -0.389. The van der Waals surface area contributed by atoms with Crippen molar-refractivity contribution in [3.8, 4) is 17.2 Å². The molecule has 0 aliphatic rings. The van der Waals surface area contributed by atoms with Gasteiger partial charge in [-0.1, -0.05) is 181 Å². The summed E-state index contributed by atoms with van der Waals surface area (Å²) in [7, 11) is -31.0. The minimum absolute atomic E-state index is 0. The van der Waals surface area contributed by atoms with E-state index in [0.29, 0.717) is 36.7 Å². The normalized spacial score (nSPS) is 11.2. The number of esters is 3. The summed E-state index contributed by atoms with van der Waals surface area (Å²) in [5.74, 6) is -34.1. The third-order valence-corrected chi connectivity index (χ3v) is 24.4. The number of halogens is 21. The fraction of sp³-hybridized carbons (Fsp3) is 0.344. The third-order valence-electron chi connectivity index (χ3n) is 16.2. The summed E-state index contributed by atoms with van der Waals surface area (Å²) in [6, 6.07) is 26.3. The van der Waals surface area contributed by atoms with Crippen LogP contribution in [0.4, 0.5) is 92.2 Å². The number of rotatable bonds is 33. The molecule has 0 amide bonds. The van der Waals surface area contributed by atoms with Crippen LogP contribution in [-0.2, 0) is 107 Å². The summed E-state index contributed by atoms with van der Waals surface area (Å²) in [5, 5.41) is 0. The standard InChI is InChI=1S/C16H12F4O4S.C12H10F4O4S.C11H8F4O2.C11H14O.C10H15F3O2.C9H16O2.2C8H7F3NO4S2.C7H12O.4CH4/c1-8(2)9-3-5-10(6-4-9)24-7-11-12(17)14(19)16(25(21,22)23)15(20)13(11)18;1-5(2)6(3)20-4-7-8(13)10(15)12(21(17,18)19)11(16)9(7)14;1-4(2)11(16)17-10-8(14)6(12)5(3)7(13)9(10)15;1-4-12-11-7-5-10(6-8-11)9(2)3;1-7(2)8(14)15-6-5-10(12,13)9(3,4)11;1-7(2)8(10)11-6-9(3,4)5;2*9-8(10,11)6-17(13,14)12-18(15,16)7-4-2-1-3-5-7;1-5-8-7(4)6(2)3;;;;/h3-6H,1,7H2,2H3,(H,21,22,23);1,3-4H2,2H3,(H,17,18,19);1H2,2-3H3;5-8H,2,4H2,1,3H3;1,5-6H2,2-4H3;1,6H2,2-5H3;2*1-5H,6H2;2,4-5H2,1,3H3;4*1H4/q;;;;;;2*-1;;;;;/p-2. The summed E-state index contributed by atoms with van der Waals surface area (Å²) >= 11 is 0. The number of hydrogen-bond acceptors (Lipinski definition) is 24. The molecule has 0 spiro atoms. The number of hydrogen-bond donors (Lipinski definition) is 0. The number of alkyl halides is 9. The molecule has 0 unspecified atom stereocenters.